The minimum atomic E-state index is -0.471. The molecule has 2 N–H and O–H groups in total. The molecule has 0 radical (unpaired) electrons. The molecule has 1 saturated heterocycles. The van der Waals surface area contributed by atoms with Gasteiger partial charge in [-0.05, 0) is 6.42 Å². The van der Waals surface area contributed by atoms with Gasteiger partial charge in [-0.15, -0.1) is 6.58 Å². The number of hydrogen-bond donors (Lipinski definition) is 2. The first-order chi connectivity index (χ1) is 5.58. The molecule has 0 amide bonds. The van der Waals surface area contributed by atoms with Gasteiger partial charge < -0.3 is 10.0 Å². The molecule has 0 aromatic rings. The van der Waals surface area contributed by atoms with Crippen molar-refractivity contribution in [2.45, 2.75) is 25.4 Å². The second-order valence-corrected chi connectivity index (χ2v) is 4.16. The molecule has 0 aromatic heterocycles. The molecule has 0 spiro atoms. The first-order valence-electron chi connectivity index (χ1n) is 4.73. The third-order valence-corrected chi connectivity index (χ3v) is 3.05. The topological polar surface area (TPSA) is 24.7 Å². The van der Waals surface area contributed by atoms with E-state index in [9.17, 15) is 5.11 Å². The second-order valence-electron chi connectivity index (χ2n) is 4.16. The zero-order valence-corrected chi connectivity index (χ0v) is 8.14. The highest BCUT2D eigenvalue weighted by Crippen LogP contribution is 2.26. The summed E-state index contributed by atoms with van der Waals surface area (Å²) in [6.07, 6.45) is 3.48. The van der Waals surface area contributed by atoms with Crippen molar-refractivity contribution in [3.63, 3.8) is 0 Å². The monoisotopic (exact) mass is 170 g/mol. The summed E-state index contributed by atoms with van der Waals surface area (Å²) in [5, 5.41) is 10.2. The van der Waals surface area contributed by atoms with E-state index in [0.717, 1.165) is 25.9 Å². The summed E-state index contributed by atoms with van der Waals surface area (Å²) >= 11 is 0. The molecule has 0 aliphatic carbocycles. The lowest BCUT2D eigenvalue weighted by Gasteiger charge is -2.39. The largest absolute Gasteiger partial charge is 0.389 e. The van der Waals surface area contributed by atoms with E-state index in [1.54, 1.807) is 0 Å². The summed E-state index contributed by atoms with van der Waals surface area (Å²) < 4.78 is 0. The van der Waals surface area contributed by atoms with Gasteiger partial charge in [-0.25, -0.2) is 0 Å². The van der Waals surface area contributed by atoms with Crippen molar-refractivity contribution in [1.29, 1.82) is 0 Å². The predicted octanol–water partition coefficient (Wildman–Crippen LogP) is -0.152. The molecule has 0 saturated carbocycles. The average molecular weight is 170 g/mol. The van der Waals surface area contributed by atoms with Gasteiger partial charge in [0.05, 0.1) is 25.7 Å². The summed E-state index contributed by atoms with van der Waals surface area (Å²) in [7, 11) is 2.18. The highest BCUT2D eigenvalue weighted by atomic mass is 16.3. The van der Waals surface area contributed by atoms with E-state index in [1.807, 2.05) is 6.08 Å². The zero-order chi connectivity index (χ0) is 9.19. The number of nitrogens with one attached hydrogen (secondary N) is 1. The Bertz CT molecular complexity index is 169. The number of likely N-dealkylation sites (tertiary alicyclic amines) is 1. The molecular weight excluding hydrogens is 150 g/mol. The molecule has 0 bridgehead atoms. The quantitative estimate of drug-likeness (QED) is 0.553. The highest BCUT2D eigenvalue weighted by molar-refractivity contribution is 4.91. The van der Waals surface area contributed by atoms with Crippen LogP contribution in [0.25, 0.3) is 0 Å². The van der Waals surface area contributed by atoms with Crippen LogP contribution in [0.2, 0.25) is 0 Å². The second kappa shape index (κ2) is 3.58. The van der Waals surface area contributed by atoms with Crippen molar-refractivity contribution >= 4 is 0 Å². The number of piperidine rings is 1. The van der Waals surface area contributed by atoms with Crippen molar-refractivity contribution in [2.75, 3.05) is 20.1 Å². The maximum Gasteiger partial charge on any atom is 0.0822 e. The SMILES string of the molecule is C=CC[C@@]1(O)CC[NH+](C)C[C@@H]1C. The van der Waals surface area contributed by atoms with Crippen LogP contribution in [0, 0.1) is 5.92 Å². The fraction of sp³-hybridized carbons (Fsp3) is 0.800. The van der Waals surface area contributed by atoms with Crippen LogP contribution in [-0.4, -0.2) is 30.8 Å². The van der Waals surface area contributed by atoms with Crippen LogP contribution in [-0.2, 0) is 0 Å². The van der Waals surface area contributed by atoms with Crippen molar-refractivity contribution in [1.82, 2.24) is 0 Å². The molecule has 1 unspecified atom stereocenters. The molecule has 0 aromatic carbocycles. The molecule has 70 valence electrons. The third kappa shape index (κ3) is 1.87. The third-order valence-electron chi connectivity index (χ3n) is 3.05. The van der Waals surface area contributed by atoms with Crippen molar-refractivity contribution < 1.29 is 10.0 Å². The summed E-state index contributed by atoms with van der Waals surface area (Å²) in [5.74, 6) is 0.393. The Morgan fingerprint density at radius 3 is 2.92 bits per heavy atom. The fourth-order valence-corrected chi connectivity index (χ4v) is 2.04. The lowest BCUT2D eigenvalue weighted by atomic mass is 9.80. The van der Waals surface area contributed by atoms with Gasteiger partial charge in [-0.2, -0.15) is 0 Å². The molecule has 1 heterocycles. The van der Waals surface area contributed by atoms with Gasteiger partial charge in [0.15, 0.2) is 0 Å². The highest BCUT2D eigenvalue weighted by Gasteiger charge is 2.38. The van der Waals surface area contributed by atoms with Gasteiger partial charge in [0.25, 0.3) is 0 Å². The van der Waals surface area contributed by atoms with Crippen LogP contribution < -0.4 is 4.90 Å². The van der Waals surface area contributed by atoms with Crippen molar-refractivity contribution in [2.24, 2.45) is 5.92 Å². The van der Waals surface area contributed by atoms with Gasteiger partial charge in [0, 0.05) is 12.3 Å². The standard InChI is InChI=1S/C10H19NO/c1-4-5-10(12)6-7-11(3)8-9(10)2/h4,9,12H,1,5-8H2,2-3H3/p+1/t9-,10+/m0/s1. The molecule has 1 aliphatic heterocycles. The van der Waals surface area contributed by atoms with E-state index in [-0.39, 0.29) is 0 Å². The van der Waals surface area contributed by atoms with E-state index in [4.69, 9.17) is 0 Å². The van der Waals surface area contributed by atoms with E-state index in [2.05, 4.69) is 20.6 Å². The summed E-state index contributed by atoms with van der Waals surface area (Å²) in [6.45, 7) is 7.97. The van der Waals surface area contributed by atoms with Crippen LogP contribution in [0.1, 0.15) is 19.8 Å². The maximum absolute atomic E-state index is 10.2. The summed E-state index contributed by atoms with van der Waals surface area (Å²) in [4.78, 5) is 1.52. The Morgan fingerprint density at radius 1 is 1.75 bits per heavy atom. The zero-order valence-electron chi connectivity index (χ0n) is 8.14. The van der Waals surface area contributed by atoms with E-state index >= 15 is 0 Å². The lowest BCUT2D eigenvalue weighted by molar-refractivity contribution is -0.891. The molecule has 12 heavy (non-hydrogen) atoms. The van der Waals surface area contributed by atoms with E-state index < -0.39 is 5.60 Å². The minimum Gasteiger partial charge on any atom is -0.389 e. The van der Waals surface area contributed by atoms with Crippen LogP contribution in [0.5, 0.6) is 0 Å². The minimum absolute atomic E-state index is 0.393. The van der Waals surface area contributed by atoms with Crippen molar-refractivity contribution in [3.05, 3.63) is 12.7 Å². The summed E-state index contributed by atoms with van der Waals surface area (Å²) in [5.41, 5.74) is -0.471. The molecule has 1 rings (SSSR count). The molecule has 2 heteroatoms. The lowest BCUT2D eigenvalue weighted by Crippen LogP contribution is -3.11. The smallest absolute Gasteiger partial charge is 0.0822 e. The number of hydrogen-bond acceptors (Lipinski definition) is 1. The Hall–Kier alpha value is -0.340. The first-order valence-corrected chi connectivity index (χ1v) is 4.73. The van der Waals surface area contributed by atoms with Crippen LogP contribution in [0.15, 0.2) is 12.7 Å². The Kier molecular flexibility index (Phi) is 2.91. The van der Waals surface area contributed by atoms with Gasteiger partial charge in [0.1, 0.15) is 0 Å². The normalized spacial score (nSPS) is 42.6. The molecular formula is C10H20NO+. The first kappa shape index (κ1) is 9.75. The fourth-order valence-electron chi connectivity index (χ4n) is 2.04. The molecule has 1 aliphatic rings. The Morgan fingerprint density at radius 2 is 2.42 bits per heavy atom. The van der Waals surface area contributed by atoms with Gasteiger partial charge in [-0.1, -0.05) is 13.0 Å². The maximum atomic E-state index is 10.2. The van der Waals surface area contributed by atoms with Gasteiger partial charge in [0.2, 0.25) is 0 Å². The Labute approximate surface area is 74.9 Å². The van der Waals surface area contributed by atoms with Gasteiger partial charge >= 0.3 is 0 Å². The van der Waals surface area contributed by atoms with Crippen LogP contribution >= 0.6 is 0 Å². The average Bonchev–Trinajstić information content (AvgIpc) is 1.99. The number of quaternary nitrogens is 1. The molecule has 1 fully saturated rings. The van der Waals surface area contributed by atoms with E-state index in [1.165, 1.54) is 4.90 Å². The number of rotatable bonds is 2. The number of aliphatic hydroxyl groups is 1. The summed E-state index contributed by atoms with van der Waals surface area (Å²) in [6, 6.07) is 0. The molecule has 3 atom stereocenters. The van der Waals surface area contributed by atoms with Crippen LogP contribution in [0.4, 0.5) is 0 Å². The van der Waals surface area contributed by atoms with E-state index in [0.29, 0.717) is 5.92 Å². The molecule has 2 nitrogen and oxygen atoms in total. The Balaban J connectivity index is 2.59. The van der Waals surface area contributed by atoms with Crippen LogP contribution in [0.3, 0.4) is 0 Å². The van der Waals surface area contributed by atoms with Gasteiger partial charge in [-0.3, -0.25) is 0 Å². The predicted molar refractivity (Wildman–Crippen MR) is 50.2 cm³/mol. The van der Waals surface area contributed by atoms with Crippen molar-refractivity contribution in [3.8, 4) is 0 Å².